The average molecular weight is 438 g/mol. The number of hydrogen-bond acceptors (Lipinski definition) is 4. The third kappa shape index (κ3) is 6.90. The third-order valence-electron chi connectivity index (χ3n) is 5.79. The van der Waals surface area contributed by atoms with Crippen LogP contribution in [0.1, 0.15) is 47.3 Å². The van der Waals surface area contributed by atoms with Crippen LogP contribution in [-0.4, -0.2) is 49.1 Å². The molecule has 0 unspecified atom stereocenters. The summed E-state index contributed by atoms with van der Waals surface area (Å²) in [5.74, 6) is -0.0880. The number of aryl methyl sites for hydroxylation is 1. The highest BCUT2D eigenvalue weighted by atomic mass is 16.5. The number of morpholine rings is 1. The van der Waals surface area contributed by atoms with Crippen LogP contribution in [0, 0.1) is 12.8 Å². The van der Waals surface area contributed by atoms with E-state index < -0.39 is 6.04 Å². The normalized spacial score (nSPS) is 15.4. The van der Waals surface area contributed by atoms with Crippen LogP contribution in [0.2, 0.25) is 0 Å². The zero-order chi connectivity index (χ0) is 22.9. The first-order chi connectivity index (χ1) is 15.4. The molecule has 6 heteroatoms. The standard InChI is InChI=1S/C26H35N3O3/c1-19(2)16-24(28-25(30)23-11-7-4-8-20(23)3)26(31)27-17-21-9-5-6-10-22(21)18-29-12-14-32-15-13-29/h4-11,19,24H,12-18H2,1-3H3,(H,27,31)(H,28,30)/t24-/m0/s1. The molecule has 0 saturated carbocycles. The molecule has 1 aliphatic heterocycles. The van der Waals surface area contributed by atoms with Gasteiger partial charge in [0.15, 0.2) is 0 Å². The summed E-state index contributed by atoms with van der Waals surface area (Å²) in [5, 5.41) is 6.01. The van der Waals surface area contributed by atoms with Gasteiger partial charge in [0.2, 0.25) is 5.91 Å². The highest BCUT2D eigenvalue weighted by Crippen LogP contribution is 2.14. The maximum Gasteiger partial charge on any atom is 0.252 e. The third-order valence-corrected chi connectivity index (χ3v) is 5.79. The predicted octanol–water partition coefficient (Wildman–Crippen LogP) is 3.29. The van der Waals surface area contributed by atoms with E-state index >= 15 is 0 Å². The fourth-order valence-corrected chi connectivity index (χ4v) is 3.96. The van der Waals surface area contributed by atoms with Crippen LogP contribution in [0.4, 0.5) is 0 Å². The van der Waals surface area contributed by atoms with Crippen molar-refractivity contribution in [3.63, 3.8) is 0 Å². The molecule has 172 valence electrons. The lowest BCUT2D eigenvalue weighted by molar-refractivity contribution is -0.123. The molecule has 2 aromatic carbocycles. The average Bonchev–Trinajstić information content (AvgIpc) is 2.78. The van der Waals surface area contributed by atoms with Crippen LogP contribution >= 0.6 is 0 Å². The van der Waals surface area contributed by atoms with Crippen molar-refractivity contribution in [3.05, 3.63) is 70.8 Å². The van der Waals surface area contributed by atoms with Crippen molar-refractivity contribution in [2.75, 3.05) is 26.3 Å². The minimum atomic E-state index is -0.575. The number of hydrogen-bond donors (Lipinski definition) is 2. The van der Waals surface area contributed by atoms with Gasteiger partial charge in [-0.3, -0.25) is 14.5 Å². The summed E-state index contributed by atoms with van der Waals surface area (Å²) in [4.78, 5) is 28.2. The van der Waals surface area contributed by atoms with E-state index in [9.17, 15) is 9.59 Å². The first kappa shape index (κ1) is 24.0. The molecule has 2 amide bonds. The number of benzene rings is 2. The van der Waals surface area contributed by atoms with Crippen LogP contribution in [0.5, 0.6) is 0 Å². The quantitative estimate of drug-likeness (QED) is 0.632. The Balaban J connectivity index is 1.64. The summed E-state index contributed by atoms with van der Waals surface area (Å²) in [6.07, 6.45) is 0.582. The molecule has 32 heavy (non-hydrogen) atoms. The second-order valence-electron chi connectivity index (χ2n) is 8.85. The van der Waals surface area contributed by atoms with Crippen LogP contribution in [-0.2, 0) is 22.6 Å². The number of carbonyl (C=O) groups excluding carboxylic acids is 2. The molecule has 6 nitrogen and oxygen atoms in total. The van der Waals surface area contributed by atoms with Crippen LogP contribution in [0.15, 0.2) is 48.5 Å². The highest BCUT2D eigenvalue weighted by molar-refractivity contribution is 5.98. The first-order valence-electron chi connectivity index (χ1n) is 11.4. The molecular weight excluding hydrogens is 402 g/mol. The smallest absolute Gasteiger partial charge is 0.252 e. The number of amides is 2. The Hall–Kier alpha value is -2.70. The lowest BCUT2D eigenvalue weighted by Gasteiger charge is -2.27. The molecule has 1 saturated heterocycles. The number of carbonyl (C=O) groups is 2. The van der Waals surface area contributed by atoms with E-state index in [2.05, 4.69) is 41.5 Å². The Morgan fingerprint density at radius 1 is 1.00 bits per heavy atom. The van der Waals surface area contributed by atoms with Gasteiger partial charge >= 0.3 is 0 Å². The van der Waals surface area contributed by atoms with E-state index in [0.717, 1.165) is 44.0 Å². The monoisotopic (exact) mass is 437 g/mol. The highest BCUT2D eigenvalue weighted by Gasteiger charge is 2.23. The van der Waals surface area contributed by atoms with E-state index in [1.807, 2.05) is 37.3 Å². The van der Waals surface area contributed by atoms with E-state index in [1.165, 1.54) is 5.56 Å². The van der Waals surface area contributed by atoms with Crippen LogP contribution in [0.25, 0.3) is 0 Å². The van der Waals surface area contributed by atoms with Gasteiger partial charge in [-0.1, -0.05) is 56.3 Å². The number of nitrogens with zero attached hydrogens (tertiary/aromatic N) is 1. The van der Waals surface area contributed by atoms with E-state index in [0.29, 0.717) is 18.5 Å². The zero-order valence-electron chi connectivity index (χ0n) is 19.4. The van der Waals surface area contributed by atoms with E-state index in [1.54, 1.807) is 6.07 Å². The molecule has 0 radical (unpaired) electrons. The number of rotatable bonds is 9. The van der Waals surface area contributed by atoms with Gasteiger partial charge in [-0.2, -0.15) is 0 Å². The molecule has 0 spiro atoms. The van der Waals surface area contributed by atoms with Crippen molar-refractivity contribution in [1.82, 2.24) is 15.5 Å². The summed E-state index contributed by atoms with van der Waals surface area (Å²) in [7, 11) is 0. The van der Waals surface area contributed by atoms with Gasteiger partial charge in [-0.25, -0.2) is 0 Å². The Morgan fingerprint density at radius 3 is 2.34 bits per heavy atom. The van der Waals surface area contributed by atoms with Crippen molar-refractivity contribution in [2.45, 2.75) is 46.3 Å². The second-order valence-corrected chi connectivity index (χ2v) is 8.85. The van der Waals surface area contributed by atoms with Crippen molar-refractivity contribution < 1.29 is 14.3 Å². The van der Waals surface area contributed by atoms with Crippen LogP contribution in [0.3, 0.4) is 0 Å². The molecule has 1 aliphatic rings. The minimum absolute atomic E-state index is 0.151. The van der Waals surface area contributed by atoms with Gasteiger partial charge in [0.05, 0.1) is 13.2 Å². The number of nitrogens with one attached hydrogen (secondary N) is 2. The Kier molecular flexibility index (Phi) is 8.82. The van der Waals surface area contributed by atoms with Gasteiger partial charge < -0.3 is 15.4 Å². The topological polar surface area (TPSA) is 70.7 Å². The van der Waals surface area contributed by atoms with Gasteiger partial charge in [-0.05, 0) is 42.0 Å². The summed E-state index contributed by atoms with van der Waals surface area (Å²) in [5.41, 5.74) is 3.80. The fraction of sp³-hybridized carbons (Fsp3) is 0.462. The lowest BCUT2D eigenvalue weighted by atomic mass is 10.0. The molecule has 3 rings (SSSR count). The summed E-state index contributed by atoms with van der Waals surface area (Å²) in [6.45, 7) is 10.6. The SMILES string of the molecule is Cc1ccccc1C(=O)N[C@@H](CC(C)C)C(=O)NCc1ccccc1CN1CCOCC1. The number of ether oxygens (including phenoxy) is 1. The largest absolute Gasteiger partial charge is 0.379 e. The lowest BCUT2D eigenvalue weighted by Crippen LogP contribution is -2.47. The van der Waals surface area contributed by atoms with Crippen molar-refractivity contribution in [3.8, 4) is 0 Å². The molecule has 0 bridgehead atoms. The molecular formula is C26H35N3O3. The van der Waals surface area contributed by atoms with E-state index in [-0.39, 0.29) is 17.7 Å². The molecule has 1 atom stereocenters. The molecule has 2 N–H and O–H groups in total. The van der Waals surface area contributed by atoms with Gasteiger partial charge in [0, 0.05) is 31.7 Å². The molecule has 0 aromatic heterocycles. The Bertz CT molecular complexity index is 907. The molecule has 1 fully saturated rings. The Labute approximate surface area is 191 Å². The summed E-state index contributed by atoms with van der Waals surface area (Å²) >= 11 is 0. The first-order valence-corrected chi connectivity index (χ1v) is 11.4. The summed E-state index contributed by atoms with van der Waals surface area (Å²) < 4.78 is 5.44. The predicted molar refractivity (Wildman–Crippen MR) is 126 cm³/mol. The van der Waals surface area contributed by atoms with Crippen molar-refractivity contribution in [1.29, 1.82) is 0 Å². The molecule has 0 aliphatic carbocycles. The van der Waals surface area contributed by atoms with Crippen molar-refractivity contribution >= 4 is 11.8 Å². The van der Waals surface area contributed by atoms with Crippen LogP contribution < -0.4 is 10.6 Å². The fourth-order valence-electron chi connectivity index (χ4n) is 3.96. The minimum Gasteiger partial charge on any atom is -0.379 e. The maximum absolute atomic E-state index is 13.1. The van der Waals surface area contributed by atoms with Crippen molar-refractivity contribution in [2.24, 2.45) is 5.92 Å². The second kappa shape index (κ2) is 11.8. The molecule has 2 aromatic rings. The van der Waals surface area contributed by atoms with Gasteiger partial charge in [-0.15, -0.1) is 0 Å². The molecule has 1 heterocycles. The van der Waals surface area contributed by atoms with E-state index in [4.69, 9.17) is 4.74 Å². The summed E-state index contributed by atoms with van der Waals surface area (Å²) in [6, 6.07) is 15.1. The van der Waals surface area contributed by atoms with Gasteiger partial charge in [0.1, 0.15) is 6.04 Å². The maximum atomic E-state index is 13.1. The van der Waals surface area contributed by atoms with Gasteiger partial charge in [0.25, 0.3) is 5.91 Å². The zero-order valence-corrected chi connectivity index (χ0v) is 19.4. The Morgan fingerprint density at radius 2 is 1.66 bits per heavy atom.